The molecule has 0 saturated carbocycles. The Labute approximate surface area is 276 Å². The summed E-state index contributed by atoms with van der Waals surface area (Å²) >= 11 is 0. The zero-order chi connectivity index (χ0) is 31.6. The van der Waals surface area contributed by atoms with Gasteiger partial charge in [0.25, 0.3) is 0 Å². The van der Waals surface area contributed by atoms with Crippen molar-refractivity contribution in [1.29, 1.82) is 0 Å². The fraction of sp³-hybridized carbons (Fsp3) is 0. The van der Waals surface area contributed by atoms with Crippen molar-refractivity contribution in [2.75, 3.05) is 0 Å². The summed E-state index contributed by atoms with van der Waals surface area (Å²) in [7, 11) is 0. The molecule has 0 aliphatic heterocycles. The molecule has 10 aromatic rings. The maximum atomic E-state index is 5.38. The molecule has 48 heavy (non-hydrogen) atoms. The zero-order valence-corrected chi connectivity index (χ0v) is 25.8. The second kappa shape index (κ2) is 10.5. The lowest BCUT2D eigenvalue weighted by molar-refractivity contribution is 1.07. The molecule has 0 fully saturated rings. The van der Waals surface area contributed by atoms with E-state index >= 15 is 0 Å². The van der Waals surface area contributed by atoms with Gasteiger partial charge in [0, 0.05) is 33.3 Å². The van der Waals surface area contributed by atoms with Gasteiger partial charge in [0.15, 0.2) is 5.82 Å². The normalized spacial score (nSPS) is 11.8. The molecule has 4 heterocycles. The third-order valence-electron chi connectivity index (χ3n) is 9.36. The average molecular weight is 614 g/mol. The van der Waals surface area contributed by atoms with Gasteiger partial charge in [0.1, 0.15) is 11.5 Å². The molecule has 0 amide bonds. The number of benzene rings is 6. The lowest BCUT2D eigenvalue weighted by Gasteiger charge is -2.14. The van der Waals surface area contributed by atoms with Crippen LogP contribution in [0.2, 0.25) is 0 Å². The number of fused-ring (bicyclic) bond motifs is 7. The van der Waals surface area contributed by atoms with Crippen LogP contribution in [-0.4, -0.2) is 24.1 Å². The minimum absolute atomic E-state index is 0.796. The molecular formula is C43H27N5. The molecular weight excluding hydrogens is 587 g/mol. The van der Waals surface area contributed by atoms with Crippen LogP contribution in [0, 0.1) is 0 Å². The summed E-state index contributed by atoms with van der Waals surface area (Å²) in [5.41, 5.74) is 10.2. The number of rotatable bonds is 4. The summed E-state index contributed by atoms with van der Waals surface area (Å²) in [6, 6.07) is 55.2. The van der Waals surface area contributed by atoms with E-state index in [1.54, 1.807) is 0 Å². The van der Waals surface area contributed by atoms with Crippen LogP contribution in [0.25, 0.3) is 88.7 Å². The van der Waals surface area contributed by atoms with Gasteiger partial charge in [-0.2, -0.15) is 0 Å². The minimum Gasteiger partial charge on any atom is -0.294 e. The van der Waals surface area contributed by atoms with E-state index in [0.717, 1.165) is 72.3 Å². The van der Waals surface area contributed by atoms with Crippen LogP contribution in [0.4, 0.5) is 0 Å². The summed E-state index contributed by atoms with van der Waals surface area (Å²) in [4.78, 5) is 15.4. The van der Waals surface area contributed by atoms with Gasteiger partial charge in [-0.3, -0.25) is 9.13 Å². The summed E-state index contributed by atoms with van der Waals surface area (Å²) in [6.45, 7) is 0. The van der Waals surface area contributed by atoms with E-state index in [4.69, 9.17) is 15.0 Å². The first-order valence-corrected chi connectivity index (χ1v) is 16.1. The van der Waals surface area contributed by atoms with Gasteiger partial charge < -0.3 is 0 Å². The van der Waals surface area contributed by atoms with Crippen LogP contribution in [0.1, 0.15) is 0 Å². The van der Waals surface area contributed by atoms with Gasteiger partial charge in [0.2, 0.25) is 0 Å². The van der Waals surface area contributed by atoms with E-state index in [1.807, 2.05) is 48.7 Å². The molecule has 0 aliphatic rings. The Kier molecular flexibility index (Phi) is 5.81. The van der Waals surface area contributed by atoms with E-state index < -0.39 is 0 Å². The fourth-order valence-corrected chi connectivity index (χ4v) is 7.19. The van der Waals surface area contributed by atoms with Crippen molar-refractivity contribution < 1.29 is 0 Å². The summed E-state index contributed by atoms with van der Waals surface area (Å²) in [5.74, 6) is 1.68. The topological polar surface area (TPSA) is 48.5 Å². The highest BCUT2D eigenvalue weighted by molar-refractivity contribution is 6.19. The molecule has 5 heteroatoms. The first-order chi connectivity index (χ1) is 23.8. The van der Waals surface area contributed by atoms with Gasteiger partial charge in [-0.15, -0.1) is 0 Å². The third-order valence-corrected chi connectivity index (χ3v) is 9.36. The van der Waals surface area contributed by atoms with E-state index in [9.17, 15) is 0 Å². The van der Waals surface area contributed by atoms with Crippen LogP contribution in [0.5, 0.6) is 0 Å². The Bertz CT molecular complexity index is 2820. The van der Waals surface area contributed by atoms with Gasteiger partial charge in [-0.05, 0) is 59.7 Å². The molecule has 0 spiro atoms. The first-order valence-electron chi connectivity index (χ1n) is 16.1. The molecule has 224 valence electrons. The molecule has 10 rings (SSSR count). The van der Waals surface area contributed by atoms with Crippen LogP contribution < -0.4 is 0 Å². The number of hydrogen-bond acceptors (Lipinski definition) is 3. The summed E-state index contributed by atoms with van der Waals surface area (Å²) in [6.07, 6.45) is 1.85. The summed E-state index contributed by atoms with van der Waals surface area (Å²) in [5, 5.41) is 4.70. The largest absolute Gasteiger partial charge is 0.294 e. The third kappa shape index (κ3) is 4.01. The lowest BCUT2D eigenvalue weighted by Crippen LogP contribution is -2.04. The molecule has 6 aromatic carbocycles. The van der Waals surface area contributed by atoms with E-state index in [-0.39, 0.29) is 0 Å². The Morgan fingerprint density at radius 2 is 1.00 bits per heavy atom. The van der Waals surface area contributed by atoms with Gasteiger partial charge in [0.05, 0.1) is 33.1 Å². The quantitative estimate of drug-likeness (QED) is 0.198. The highest BCUT2D eigenvalue weighted by Gasteiger charge is 2.22. The molecule has 0 unspecified atom stereocenters. The van der Waals surface area contributed by atoms with E-state index in [0.29, 0.717) is 0 Å². The Balaban J connectivity index is 1.39. The minimum atomic E-state index is 0.796. The smallest absolute Gasteiger partial charge is 0.165 e. The van der Waals surface area contributed by atoms with Crippen LogP contribution in [0.15, 0.2) is 164 Å². The Morgan fingerprint density at radius 1 is 0.375 bits per heavy atom. The SMILES string of the molecule is c1ccc(-c2ccc3c4cc5c6ccccc6n(-c6ccccn6)c5cc4n(-c4nc5ccccc5nc4-c4ccccc4)c3c2)cc1. The van der Waals surface area contributed by atoms with E-state index in [1.165, 1.54) is 16.3 Å². The maximum absolute atomic E-state index is 5.38. The van der Waals surface area contributed by atoms with Crippen molar-refractivity contribution >= 4 is 54.6 Å². The second-order valence-electron chi connectivity index (χ2n) is 12.1. The predicted octanol–water partition coefficient (Wildman–Crippen LogP) is 10.6. The molecule has 0 N–H and O–H groups in total. The van der Waals surface area contributed by atoms with E-state index in [2.05, 4.69) is 124 Å². The zero-order valence-electron chi connectivity index (χ0n) is 25.8. The van der Waals surface area contributed by atoms with Crippen molar-refractivity contribution in [3.8, 4) is 34.0 Å². The first kappa shape index (κ1) is 26.6. The monoisotopic (exact) mass is 613 g/mol. The summed E-state index contributed by atoms with van der Waals surface area (Å²) < 4.78 is 4.59. The van der Waals surface area contributed by atoms with Gasteiger partial charge in [-0.1, -0.05) is 109 Å². The highest BCUT2D eigenvalue weighted by Crippen LogP contribution is 2.41. The van der Waals surface area contributed by atoms with Crippen LogP contribution in [0.3, 0.4) is 0 Å². The molecule has 0 bridgehead atoms. The average Bonchev–Trinajstić information content (AvgIpc) is 3.65. The van der Waals surface area contributed by atoms with Crippen molar-refractivity contribution in [1.82, 2.24) is 24.1 Å². The Morgan fingerprint density at radius 3 is 1.77 bits per heavy atom. The molecule has 0 aliphatic carbocycles. The molecule has 0 atom stereocenters. The molecule has 5 nitrogen and oxygen atoms in total. The molecule has 0 radical (unpaired) electrons. The second-order valence-corrected chi connectivity index (χ2v) is 12.1. The number of pyridine rings is 1. The van der Waals surface area contributed by atoms with Crippen LogP contribution in [-0.2, 0) is 0 Å². The van der Waals surface area contributed by atoms with Crippen molar-refractivity contribution in [3.63, 3.8) is 0 Å². The predicted molar refractivity (Wildman–Crippen MR) is 197 cm³/mol. The van der Waals surface area contributed by atoms with Crippen molar-refractivity contribution in [2.24, 2.45) is 0 Å². The fourth-order valence-electron chi connectivity index (χ4n) is 7.19. The highest BCUT2D eigenvalue weighted by atomic mass is 15.1. The standard InChI is InChI=1S/C43H27N5/c1-3-13-28(14-4-1)30-22-23-32-34-26-33-31-17-7-10-20-37(31)47(41-21-11-12-24-44-41)39(33)27-40(34)48(38(32)25-30)43-42(29-15-5-2-6-16-29)45-35-18-8-9-19-36(35)46-43/h1-27H. The lowest BCUT2D eigenvalue weighted by atomic mass is 10.0. The Hall–Kier alpha value is -6.59. The molecule has 4 aromatic heterocycles. The molecule has 0 saturated heterocycles. The van der Waals surface area contributed by atoms with Gasteiger partial charge in [-0.25, -0.2) is 15.0 Å². The number of nitrogens with zero attached hydrogens (tertiary/aromatic N) is 5. The number of hydrogen-bond donors (Lipinski definition) is 0. The maximum Gasteiger partial charge on any atom is 0.165 e. The number of aromatic nitrogens is 5. The van der Waals surface area contributed by atoms with Crippen molar-refractivity contribution in [3.05, 3.63) is 164 Å². The van der Waals surface area contributed by atoms with Crippen molar-refractivity contribution in [2.45, 2.75) is 0 Å². The van der Waals surface area contributed by atoms with Crippen LogP contribution >= 0.6 is 0 Å². The number of para-hydroxylation sites is 3. The van der Waals surface area contributed by atoms with Gasteiger partial charge >= 0.3 is 0 Å².